The van der Waals surface area contributed by atoms with Crippen LogP contribution in [-0.2, 0) is 27.1 Å². The molecule has 1 N–H and O–H groups in total. The Bertz CT molecular complexity index is 1130. The van der Waals surface area contributed by atoms with E-state index < -0.39 is 26.9 Å². The molecule has 3 aromatic rings. The molecule has 0 aliphatic rings. The zero-order chi connectivity index (χ0) is 25.6. The minimum atomic E-state index is -2.89. The first kappa shape index (κ1) is 26.3. The van der Waals surface area contributed by atoms with Crippen molar-refractivity contribution in [3.63, 3.8) is 0 Å². The molecule has 0 aromatic heterocycles. The van der Waals surface area contributed by atoms with Gasteiger partial charge >= 0.3 is 11.9 Å². The third kappa shape index (κ3) is 5.22. The number of aliphatic hydroxyl groups excluding tert-OH is 1. The topological polar surface area (TPSA) is 82.1 Å². The standard InChI is InChI=1S/C28H32O6Si/c1-28(2,3)35(22-12-8-6-9-13-22,23-14-10-7-11-15-23)34-19-21-17-24(26(30)32-4)20(18-29)16-25(21)27(31)33-5/h6-17,29H,18-19H2,1-5H3. The summed E-state index contributed by atoms with van der Waals surface area (Å²) in [5.41, 5.74) is 1.19. The third-order valence-corrected chi connectivity index (χ3v) is 11.2. The lowest BCUT2D eigenvalue weighted by Crippen LogP contribution is -2.66. The highest BCUT2D eigenvalue weighted by Gasteiger charge is 2.50. The molecule has 35 heavy (non-hydrogen) atoms. The molecule has 0 atom stereocenters. The van der Waals surface area contributed by atoms with Crippen LogP contribution in [0, 0.1) is 0 Å². The maximum Gasteiger partial charge on any atom is 0.338 e. The minimum absolute atomic E-state index is 0.0629. The molecule has 6 nitrogen and oxygen atoms in total. The highest BCUT2D eigenvalue weighted by atomic mass is 28.4. The van der Waals surface area contributed by atoms with E-state index >= 15 is 0 Å². The Labute approximate surface area is 207 Å². The molecule has 0 unspecified atom stereocenters. The summed E-state index contributed by atoms with van der Waals surface area (Å²) in [5, 5.41) is 11.7. The number of rotatable bonds is 8. The summed E-state index contributed by atoms with van der Waals surface area (Å²) < 4.78 is 16.8. The first-order chi connectivity index (χ1) is 16.7. The van der Waals surface area contributed by atoms with Crippen LogP contribution in [0.15, 0.2) is 72.8 Å². The molecule has 7 heteroatoms. The van der Waals surface area contributed by atoms with E-state index in [2.05, 4.69) is 45.0 Å². The van der Waals surface area contributed by atoms with E-state index in [9.17, 15) is 14.7 Å². The fourth-order valence-corrected chi connectivity index (χ4v) is 9.01. The number of esters is 2. The van der Waals surface area contributed by atoms with Crippen LogP contribution in [0.1, 0.15) is 52.6 Å². The van der Waals surface area contributed by atoms with Crippen molar-refractivity contribution in [3.05, 3.63) is 95.1 Å². The van der Waals surface area contributed by atoms with Crippen molar-refractivity contribution >= 4 is 30.6 Å². The Morgan fingerprint density at radius 2 is 1.20 bits per heavy atom. The molecule has 0 heterocycles. The number of ether oxygens (including phenoxy) is 2. The van der Waals surface area contributed by atoms with Gasteiger partial charge in [0, 0.05) is 0 Å². The molecule has 3 rings (SSSR count). The van der Waals surface area contributed by atoms with E-state index in [0.717, 1.165) is 10.4 Å². The third-order valence-electron chi connectivity index (χ3n) is 6.17. The van der Waals surface area contributed by atoms with Gasteiger partial charge in [-0.3, -0.25) is 0 Å². The van der Waals surface area contributed by atoms with Gasteiger partial charge in [-0.25, -0.2) is 9.59 Å². The predicted octanol–water partition coefficient (Wildman–Crippen LogP) is 3.83. The molecule has 0 saturated carbocycles. The van der Waals surface area contributed by atoms with Crippen molar-refractivity contribution in [3.8, 4) is 0 Å². The molecular weight excluding hydrogens is 460 g/mol. The summed E-state index contributed by atoms with van der Waals surface area (Å²) in [7, 11) is -0.325. The average Bonchev–Trinajstić information content (AvgIpc) is 2.88. The van der Waals surface area contributed by atoms with Crippen LogP contribution in [0.4, 0.5) is 0 Å². The van der Waals surface area contributed by atoms with E-state index in [0.29, 0.717) is 5.56 Å². The van der Waals surface area contributed by atoms with E-state index in [1.54, 1.807) is 6.07 Å². The van der Waals surface area contributed by atoms with Crippen molar-refractivity contribution in [2.75, 3.05) is 14.2 Å². The summed E-state index contributed by atoms with van der Waals surface area (Å²) in [5.74, 6) is -1.17. The molecule has 0 aliphatic carbocycles. The van der Waals surface area contributed by atoms with Gasteiger partial charge < -0.3 is 19.0 Å². The number of carbonyl (C=O) groups excluding carboxylic acids is 2. The van der Waals surface area contributed by atoms with Crippen LogP contribution in [0.5, 0.6) is 0 Å². The van der Waals surface area contributed by atoms with Gasteiger partial charge in [0.05, 0.1) is 38.6 Å². The van der Waals surface area contributed by atoms with Gasteiger partial charge in [-0.1, -0.05) is 81.4 Å². The van der Waals surface area contributed by atoms with Gasteiger partial charge in [-0.05, 0) is 38.7 Å². The van der Waals surface area contributed by atoms with Gasteiger partial charge in [-0.15, -0.1) is 0 Å². The molecule has 0 saturated heterocycles. The van der Waals surface area contributed by atoms with Gasteiger partial charge in [0.1, 0.15) is 0 Å². The second-order valence-corrected chi connectivity index (χ2v) is 13.6. The Balaban J connectivity index is 2.21. The highest BCUT2D eigenvalue weighted by molar-refractivity contribution is 6.99. The quantitative estimate of drug-likeness (QED) is 0.380. The molecule has 0 bridgehead atoms. The zero-order valence-electron chi connectivity index (χ0n) is 20.8. The summed E-state index contributed by atoms with van der Waals surface area (Å²) >= 11 is 0. The zero-order valence-corrected chi connectivity index (χ0v) is 21.8. The first-order valence-electron chi connectivity index (χ1n) is 11.4. The first-order valence-corrected chi connectivity index (χ1v) is 13.3. The molecule has 3 aromatic carbocycles. The van der Waals surface area contributed by atoms with Crippen molar-refractivity contribution in [2.24, 2.45) is 0 Å². The minimum Gasteiger partial charge on any atom is -0.465 e. The molecule has 0 fully saturated rings. The van der Waals surface area contributed by atoms with Crippen molar-refractivity contribution in [1.82, 2.24) is 0 Å². The van der Waals surface area contributed by atoms with Crippen LogP contribution < -0.4 is 10.4 Å². The lowest BCUT2D eigenvalue weighted by atomic mass is 9.99. The summed E-state index contributed by atoms with van der Waals surface area (Å²) in [6.45, 7) is 6.12. The SMILES string of the molecule is COC(=O)c1cc(CO[Si](c2ccccc2)(c2ccccc2)C(C)(C)C)c(C(=O)OC)cc1CO. The second-order valence-electron chi connectivity index (χ2n) is 9.26. The van der Waals surface area contributed by atoms with Gasteiger partial charge in [0.25, 0.3) is 8.32 Å². The lowest BCUT2D eigenvalue weighted by Gasteiger charge is -2.43. The lowest BCUT2D eigenvalue weighted by molar-refractivity contribution is 0.0581. The Morgan fingerprint density at radius 1 is 0.771 bits per heavy atom. The van der Waals surface area contributed by atoms with Crippen LogP contribution >= 0.6 is 0 Å². The van der Waals surface area contributed by atoms with Gasteiger partial charge in [-0.2, -0.15) is 0 Å². The van der Waals surface area contributed by atoms with Crippen molar-refractivity contribution < 1.29 is 28.6 Å². The fraction of sp³-hybridized carbons (Fsp3) is 0.286. The molecule has 0 amide bonds. The average molecular weight is 493 g/mol. The maximum absolute atomic E-state index is 12.7. The molecule has 0 radical (unpaired) electrons. The number of methoxy groups -OCH3 is 2. The van der Waals surface area contributed by atoms with Crippen LogP contribution in [0.2, 0.25) is 5.04 Å². The van der Waals surface area contributed by atoms with Crippen LogP contribution in [0.3, 0.4) is 0 Å². The van der Waals surface area contributed by atoms with Crippen molar-refractivity contribution in [1.29, 1.82) is 0 Å². The monoisotopic (exact) mass is 492 g/mol. The second kappa shape index (κ2) is 11.0. The number of benzene rings is 3. The Morgan fingerprint density at radius 3 is 1.60 bits per heavy atom. The smallest absolute Gasteiger partial charge is 0.338 e. The Kier molecular flexibility index (Phi) is 8.27. The Hall–Kier alpha value is -3.26. The maximum atomic E-state index is 12.7. The normalized spacial score (nSPS) is 11.7. The van der Waals surface area contributed by atoms with E-state index in [4.69, 9.17) is 13.9 Å². The van der Waals surface area contributed by atoms with E-state index in [1.165, 1.54) is 20.3 Å². The number of carbonyl (C=O) groups is 2. The van der Waals surface area contributed by atoms with Gasteiger partial charge in [0.15, 0.2) is 0 Å². The summed E-state index contributed by atoms with van der Waals surface area (Å²) in [6.07, 6.45) is 0. The largest absolute Gasteiger partial charge is 0.465 e. The molecule has 184 valence electrons. The van der Waals surface area contributed by atoms with Crippen molar-refractivity contribution in [2.45, 2.75) is 39.0 Å². The predicted molar refractivity (Wildman–Crippen MR) is 137 cm³/mol. The molecular formula is C28H32O6Si. The number of hydrogen-bond donors (Lipinski definition) is 1. The highest BCUT2D eigenvalue weighted by Crippen LogP contribution is 2.37. The number of aliphatic hydroxyl groups is 1. The summed E-state index contributed by atoms with van der Waals surface area (Å²) in [4.78, 5) is 25.1. The van der Waals surface area contributed by atoms with E-state index in [1.807, 2.05) is 36.4 Å². The van der Waals surface area contributed by atoms with Crippen LogP contribution in [0.25, 0.3) is 0 Å². The molecule has 0 aliphatic heterocycles. The fourth-order valence-electron chi connectivity index (χ4n) is 4.49. The molecule has 0 spiro atoms. The van der Waals surface area contributed by atoms with E-state index in [-0.39, 0.29) is 28.3 Å². The number of hydrogen-bond acceptors (Lipinski definition) is 6. The van der Waals surface area contributed by atoms with Gasteiger partial charge in [0.2, 0.25) is 0 Å². The summed E-state index contributed by atoms with van der Waals surface area (Å²) in [6, 6.07) is 23.3. The van der Waals surface area contributed by atoms with Crippen LogP contribution in [-0.4, -0.2) is 39.6 Å².